The SMILES string of the molecule is COCCc1nc2ccc(C(=O)NCCc3nc(C)c4c(n3)CCC4)cc2o1. The molecule has 4 rings (SSSR count). The highest BCUT2D eigenvalue weighted by Gasteiger charge is 2.17. The van der Waals surface area contributed by atoms with Gasteiger partial charge in [0.25, 0.3) is 5.91 Å². The average molecular weight is 380 g/mol. The number of rotatable bonds is 7. The van der Waals surface area contributed by atoms with E-state index in [4.69, 9.17) is 9.15 Å². The van der Waals surface area contributed by atoms with Crippen LogP contribution >= 0.6 is 0 Å². The summed E-state index contributed by atoms with van der Waals surface area (Å²) >= 11 is 0. The number of carbonyl (C=O) groups is 1. The van der Waals surface area contributed by atoms with Crippen LogP contribution in [0.1, 0.15) is 45.4 Å². The van der Waals surface area contributed by atoms with Crippen molar-refractivity contribution in [1.82, 2.24) is 20.3 Å². The molecule has 2 heterocycles. The maximum absolute atomic E-state index is 12.5. The zero-order valence-corrected chi connectivity index (χ0v) is 16.2. The third kappa shape index (κ3) is 3.89. The molecule has 28 heavy (non-hydrogen) atoms. The second-order valence-electron chi connectivity index (χ2n) is 7.04. The second-order valence-corrected chi connectivity index (χ2v) is 7.04. The van der Waals surface area contributed by atoms with Crippen LogP contribution in [-0.4, -0.2) is 41.1 Å². The molecule has 7 nitrogen and oxygen atoms in total. The van der Waals surface area contributed by atoms with E-state index in [-0.39, 0.29) is 5.91 Å². The number of methoxy groups -OCH3 is 1. The maximum Gasteiger partial charge on any atom is 0.251 e. The molecule has 1 aliphatic rings. The summed E-state index contributed by atoms with van der Waals surface area (Å²) in [7, 11) is 1.64. The Labute approximate surface area is 163 Å². The highest BCUT2D eigenvalue weighted by Crippen LogP contribution is 2.22. The van der Waals surface area contributed by atoms with Gasteiger partial charge in [-0.25, -0.2) is 15.0 Å². The largest absolute Gasteiger partial charge is 0.441 e. The van der Waals surface area contributed by atoms with Gasteiger partial charge in [-0.05, 0) is 49.9 Å². The Kier molecular flexibility index (Phi) is 5.34. The minimum Gasteiger partial charge on any atom is -0.441 e. The number of nitrogens with zero attached hydrogens (tertiary/aromatic N) is 3. The van der Waals surface area contributed by atoms with E-state index in [1.54, 1.807) is 25.3 Å². The fraction of sp³-hybridized carbons (Fsp3) is 0.429. The van der Waals surface area contributed by atoms with Crippen LogP contribution in [0.2, 0.25) is 0 Å². The smallest absolute Gasteiger partial charge is 0.251 e. The number of hydrogen-bond donors (Lipinski definition) is 1. The van der Waals surface area contributed by atoms with Crippen LogP contribution in [0.3, 0.4) is 0 Å². The van der Waals surface area contributed by atoms with Crippen LogP contribution in [0.4, 0.5) is 0 Å². The Morgan fingerprint density at radius 2 is 2.11 bits per heavy atom. The first kappa shape index (κ1) is 18.6. The highest BCUT2D eigenvalue weighted by atomic mass is 16.5. The van der Waals surface area contributed by atoms with Crippen LogP contribution in [0.5, 0.6) is 0 Å². The lowest BCUT2D eigenvalue weighted by molar-refractivity contribution is 0.0954. The Hall–Kier alpha value is -2.80. The summed E-state index contributed by atoms with van der Waals surface area (Å²) in [5.41, 5.74) is 5.45. The predicted molar refractivity (Wildman–Crippen MR) is 104 cm³/mol. The maximum atomic E-state index is 12.5. The number of hydrogen-bond acceptors (Lipinski definition) is 6. The lowest BCUT2D eigenvalue weighted by Crippen LogP contribution is -2.26. The third-order valence-electron chi connectivity index (χ3n) is 5.04. The van der Waals surface area contributed by atoms with Gasteiger partial charge in [-0.3, -0.25) is 4.79 Å². The Morgan fingerprint density at radius 1 is 1.21 bits per heavy atom. The van der Waals surface area contributed by atoms with Crippen LogP contribution in [0.15, 0.2) is 22.6 Å². The molecule has 0 unspecified atom stereocenters. The summed E-state index contributed by atoms with van der Waals surface area (Å²) in [6.07, 6.45) is 4.48. The van der Waals surface area contributed by atoms with Crippen LogP contribution in [-0.2, 0) is 30.4 Å². The quantitative estimate of drug-likeness (QED) is 0.678. The molecular formula is C21H24N4O3. The highest BCUT2D eigenvalue weighted by molar-refractivity contribution is 5.97. The van der Waals surface area contributed by atoms with E-state index in [0.29, 0.717) is 43.0 Å². The molecule has 0 saturated carbocycles. The number of amides is 1. The van der Waals surface area contributed by atoms with Gasteiger partial charge in [0.2, 0.25) is 0 Å². The van der Waals surface area contributed by atoms with E-state index in [1.165, 1.54) is 11.3 Å². The molecule has 0 radical (unpaired) electrons. The molecule has 146 valence electrons. The van der Waals surface area contributed by atoms with Gasteiger partial charge >= 0.3 is 0 Å². The normalized spacial score (nSPS) is 13.1. The molecule has 0 atom stereocenters. The lowest BCUT2D eigenvalue weighted by atomic mass is 10.2. The van der Waals surface area contributed by atoms with Crippen molar-refractivity contribution in [3.8, 4) is 0 Å². The van der Waals surface area contributed by atoms with E-state index < -0.39 is 0 Å². The van der Waals surface area contributed by atoms with Crippen molar-refractivity contribution in [2.75, 3.05) is 20.3 Å². The second kappa shape index (κ2) is 8.06. The number of carbonyl (C=O) groups excluding carboxylic acids is 1. The van der Waals surface area contributed by atoms with Crippen molar-refractivity contribution >= 4 is 17.0 Å². The number of oxazole rings is 1. The van der Waals surface area contributed by atoms with Crippen molar-refractivity contribution in [3.05, 3.63) is 52.4 Å². The van der Waals surface area contributed by atoms with Crippen molar-refractivity contribution in [2.45, 2.75) is 39.0 Å². The van der Waals surface area contributed by atoms with Gasteiger partial charge in [-0.15, -0.1) is 0 Å². The fourth-order valence-electron chi connectivity index (χ4n) is 3.59. The average Bonchev–Trinajstić information content (AvgIpc) is 3.32. The molecule has 7 heteroatoms. The van der Waals surface area contributed by atoms with Gasteiger partial charge in [0.1, 0.15) is 11.3 Å². The molecule has 2 aromatic heterocycles. The zero-order valence-electron chi connectivity index (χ0n) is 16.2. The first-order valence-corrected chi connectivity index (χ1v) is 9.66. The molecule has 1 N–H and O–H groups in total. The van der Waals surface area contributed by atoms with Crippen molar-refractivity contribution in [1.29, 1.82) is 0 Å². The van der Waals surface area contributed by atoms with Crippen molar-refractivity contribution < 1.29 is 13.9 Å². The summed E-state index contributed by atoms with van der Waals surface area (Å²) in [4.78, 5) is 26.1. The summed E-state index contributed by atoms with van der Waals surface area (Å²) in [5, 5.41) is 2.94. The number of benzene rings is 1. The van der Waals surface area contributed by atoms with Gasteiger partial charge in [0, 0.05) is 43.4 Å². The molecule has 0 fully saturated rings. The first-order valence-electron chi connectivity index (χ1n) is 9.66. The third-order valence-corrected chi connectivity index (χ3v) is 5.04. The fourth-order valence-corrected chi connectivity index (χ4v) is 3.59. The minimum absolute atomic E-state index is 0.144. The van der Waals surface area contributed by atoms with Gasteiger partial charge in [-0.1, -0.05) is 0 Å². The van der Waals surface area contributed by atoms with E-state index in [1.807, 2.05) is 6.92 Å². The number of fused-ring (bicyclic) bond motifs is 2. The summed E-state index contributed by atoms with van der Waals surface area (Å²) in [5.74, 6) is 1.26. The van der Waals surface area contributed by atoms with Crippen molar-refractivity contribution in [2.24, 2.45) is 0 Å². The van der Waals surface area contributed by atoms with Crippen LogP contribution in [0, 0.1) is 6.92 Å². The standard InChI is InChI=1S/C21H24N4O3/c1-13-15-4-3-5-16(15)24-19(23-13)8-10-22-21(26)14-6-7-17-18(12-14)28-20(25-17)9-11-27-2/h6-7,12H,3-5,8-11H2,1-2H3,(H,22,26). The van der Waals surface area contributed by atoms with Gasteiger partial charge in [-0.2, -0.15) is 0 Å². The lowest BCUT2D eigenvalue weighted by Gasteiger charge is -2.08. The molecule has 0 saturated heterocycles. The van der Waals surface area contributed by atoms with Gasteiger partial charge in [0.15, 0.2) is 11.5 Å². The van der Waals surface area contributed by atoms with E-state index in [0.717, 1.165) is 36.3 Å². The van der Waals surface area contributed by atoms with Crippen LogP contribution < -0.4 is 5.32 Å². The number of nitrogens with one attached hydrogen (secondary N) is 1. The van der Waals surface area contributed by atoms with E-state index in [9.17, 15) is 4.79 Å². The van der Waals surface area contributed by atoms with Gasteiger partial charge < -0.3 is 14.5 Å². The molecular weight excluding hydrogens is 356 g/mol. The van der Waals surface area contributed by atoms with Crippen LogP contribution in [0.25, 0.3) is 11.1 Å². The summed E-state index contributed by atoms with van der Waals surface area (Å²) in [6.45, 7) is 3.08. The molecule has 0 aliphatic heterocycles. The number of aryl methyl sites for hydroxylation is 2. The van der Waals surface area contributed by atoms with E-state index in [2.05, 4.69) is 20.3 Å². The number of ether oxygens (including phenoxy) is 1. The zero-order chi connectivity index (χ0) is 19.5. The molecule has 1 aliphatic carbocycles. The Balaban J connectivity index is 1.38. The number of aromatic nitrogens is 3. The minimum atomic E-state index is -0.144. The Bertz CT molecular complexity index is 1010. The molecule has 1 amide bonds. The molecule has 0 spiro atoms. The predicted octanol–water partition coefficient (Wildman–Crippen LogP) is 2.58. The topological polar surface area (TPSA) is 90.1 Å². The molecule has 0 bridgehead atoms. The molecule has 3 aromatic rings. The van der Waals surface area contributed by atoms with Gasteiger partial charge in [0.05, 0.1) is 6.61 Å². The summed E-state index contributed by atoms with van der Waals surface area (Å²) in [6, 6.07) is 5.29. The van der Waals surface area contributed by atoms with Crippen molar-refractivity contribution in [3.63, 3.8) is 0 Å². The Morgan fingerprint density at radius 3 is 2.96 bits per heavy atom. The summed E-state index contributed by atoms with van der Waals surface area (Å²) < 4.78 is 10.7. The first-order chi connectivity index (χ1) is 13.6. The monoisotopic (exact) mass is 380 g/mol. The van der Waals surface area contributed by atoms with E-state index >= 15 is 0 Å². The molecule has 1 aromatic carbocycles.